The SMILES string of the molecule is CCCC=CC=CCCCCCCCCCC. The average molecular weight is 236 g/mol. The second kappa shape index (κ2) is 15.5. The summed E-state index contributed by atoms with van der Waals surface area (Å²) in [6, 6.07) is 0. The van der Waals surface area contributed by atoms with Gasteiger partial charge in [0.25, 0.3) is 0 Å². The molecule has 0 heteroatoms. The second-order valence-electron chi connectivity index (χ2n) is 4.91. The van der Waals surface area contributed by atoms with E-state index in [0.29, 0.717) is 0 Å². The summed E-state index contributed by atoms with van der Waals surface area (Å²) in [5, 5.41) is 0. The molecule has 17 heavy (non-hydrogen) atoms. The largest absolute Gasteiger partial charge is 0.0846 e. The molecule has 0 saturated heterocycles. The maximum absolute atomic E-state index is 2.31. The van der Waals surface area contributed by atoms with Crippen LogP contribution in [0.15, 0.2) is 24.3 Å². The predicted octanol–water partition coefficient (Wildman–Crippen LogP) is 6.43. The highest BCUT2D eigenvalue weighted by Gasteiger charge is 1.89. The molecule has 0 bridgehead atoms. The summed E-state index contributed by atoms with van der Waals surface area (Å²) in [4.78, 5) is 0. The molecular weight excluding hydrogens is 204 g/mol. The van der Waals surface area contributed by atoms with Crippen molar-refractivity contribution in [2.24, 2.45) is 0 Å². The molecule has 0 atom stereocenters. The first-order valence-corrected chi connectivity index (χ1v) is 7.73. The Kier molecular flexibility index (Phi) is 15.0. The second-order valence-corrected chi connectivity index (χ2v) is 4.91. The molecule has 0 fully saturated rings. The smallest absolute Gasteiger partial charge is 0.0348 e. The van der Waals surface area contributed by atoms with Crippen molar-refractivity contribution in [1.29, 1.82) is 0 Å². The Balaban J connectivity index is 3.07. The molecule has 0 aliphatic heterocycles. The van der Waals surface area contributed by atoms with Crippen molar-refractivity contribution in [3.05, 3.63) is 24.3 Å². The van der Waals surface area contributed by atoms with Gasteiger partial charge in [-0.05, 0) is 19.3 Å². The standard InChI is InChI=1S/C17H32/c1-3-5-7-9-11-13-15-17-16-14-12-10-8-6-4-2/h7,9,11,13H,3-6,8,10,12,14-17H2,1-2H3. The van der Waals surface area contributed by atoms with Crippen LogP contribution in [0.2, 0.25) is 0 Å². The molecule has 0 aliphatic carbocycles. The van der Waals surface area contributed by atoms with Crippen LogP contribution in [0.25, 0.3) is 0 Å². The first-order chi connectivity index (χ1) is 8.41. The van der Waals surface area contributed by atoms with Crippen molar-refractivity contribution >= 4 is 0 Å². The maximum atomic E-state index is 2.31. The van der Waals surface area contributed by atoms with E-state index >= 15 is 0 Å². The molecule has 0 N–H and O–H groups in total. The fourth-order valence-corrected chi connectivity index (χ4v) is 1.91. The van der Waals surface area contributed by atoms with Gasteiger partial charge in [0, 0.05) is 0 Å². The van der Waals surface area contributed by atoms with E-state index in [1.807, 2.05) is 0 Å². The third-order valence-electron chi connectivity index (χ3n) is 3.06. The van der Waals surface area contributed by atoms with Gasteiger partial charge in [0.2, 0.25) is 0 Å². The minimum absolute atomic E-state index is 1.21. The molecule has 0 heterocycles. The van der Waals surface area contributed by atoms with Crippen LogP contribution in [0.4, 0.5) is 0 Å². The molecule has 0 aliphatic rings. The quantitative estimate of drug-likeness (QED) is 0.270. The molecule has 0 radical (unpaired) electrons. The van der Waals surface area contributed by atoms with Crippen molar-refractivity contribution in [2.45, 2.75) is 84.5 Å². The highest BCUT2D eigenvalue weighted by Crippen LogP contribution is 2.09. The van der Waals surface area contributed by atoms with Crippen molar-refractivity contribution in [1.82, 2.24) is 0 Å². The lowest BCUT2D eigenvalue weighted by Crippen LogP contribution is -1.79. The lowest BCUT2D eigenvalue weighted by molar-refractivity contribution is 0.577. The van der Waals surface area contributed by atoms with E-state index in [-0.39, 0.29) is 0 Å². The Labute approximate surface area is 109 Å². The number of hydrogen-bond donors (Lipinski definition) is 0. The van der Waals surface area contributed by atoms with E-state index in [1.165, 1.54) is 70.6 Å². The highest BCUT2D eigenvalue weighted by atomic mass is 14.0. The Bertz CT molecular complexity index is 176. The highest BCUT2D eigenvalue weighted by molar-refractivity contribution is 5.02. The summed E-state index contributed by atoms with van der Waals surface area (Å²) >= 11 is 0. The van der Waals surface area contributed by atoms with Crippen LogP contribution >= 0.6 is 0 Å². The zero-order valence-corrected chi connectivity index (χ0v) is 12.1. The first kappa shape index (κ1) is 16.5. The van der Waals surface area contributed by atoms with Crippen LogP contribution in [-0.2, 0) is 0 Å². The van der Waals surface area contributed by atoms with E-state index in [9.17, 15) is 0 Å². The number of rotatable bonds is 12. The molecule has 0 amide bonds. The Morgan fingerprint density at radius 2 is 1.06 bits per heavy atom. The minimum atomic E-state index is 1.21. The Morgan fingerprint density at radius 1 is 0.529 bits per heavy atom. The summed E-state index contributed by atoms with van der Waals surface area (Å²) < 4.78 is 0. The predicted molar refractivity (Wildman–Crippen MR) is 80.4 cm³/mol. The molecule has 0 aromatic heterocycles. The van der Waals surface area contributed by atoms with E-state index in [4.69, 9.17) is 0 Å². The van der Waals surface area contributed by atoms with Crippen molar-refractivity contribution in [2.75, 3.05) is 0 Å². The molecule has 0 aromatic carbocycles. The van der Waals surface area contributed by atoms with Gasteiger partial charge >= 0.3 is 0 Å². The number of hydrogen-bond acceptors (Lipinski definition) is 0. The summed E-state index contributed by atoms with van der Waals surface area (Å²) in [5.74, 6) is 0. The summed E-state index contributed by atoms with van der Waals surface area (Å²) in [6.45, 7) is 4.50. The molecule has 0 aromatic rings. The summed E-state index contributed by atoms with van der Waals surface area (Å²) in [5.41, 5.74) is 0. The van der Waals surface area contributed by atoms with Gasteiger partial charge in [0.1, 0.15) is 0 Å². The normalized spacial score (nSPS) is 11.9. The van der Waals surface area contributed by atoms with Crippen molar-refractivity contribution in [3.63, 3.8) is 0 Å². The summed E-state index contributed by atoms with van der Waals surface area (Å²) in [6.07, 6.45) is 24.0. The lowest BCUT2D eigenvalue weighted by Gasteiger charge is -1.99. The topological polar surface area (TPSA) is 0 Å². The maximum Gasteiger partial charge on any atom is -0.0348 e. The molecule has 0 unspecified atom stereocenters. The number of unbranched alkanes of at least 4 members (excludes halogenated alkanes) is 9. The van der Waals surface area contributed by atoms with E-state index in [1.54, 1.807) is 0 Å². The molecular formula is C17H32. The van der Waals surface area contributed by atoms with Crippen LogP contribution in [0.3, 0.4) is 0 Å². The lowest BCUT2D eigenvalue weighted by atomic mass is 10.1. The van der Waals surface area contributed by atoms with E-state index in [2.05, 4.69) is 38.2 Å². The fourth-order valence-electron chi connectivity index (χ4n) is 1.91. The Morgan fingerprint density at radius 3 is 1.65 bits per heavy atom. The molecule has 100 valence electrons. The van der Waals surface area contributed by atoms with Crippen molar-refractivity contribution < 1.29 is 0 Å². The van der Waals surface area contributed by atoms with E-state index < -0.39 is 0 Å². The van der Waals surface area contributed by atoms with Gasteiger partial charge in [-0.3, -0.25) is 0 Å². The average Bonchev–Trinajstić information content (AvgIpc) is 2.35. The van der Waals surface area contributed by atoms with Crippen molar-refractivity contribution in [3.8, 4) is 0 Å². The zero-order chi connectivity index (χ0) is 12.6. The fraction of sp³-hybridized carbons (Fsp3) is 0.765. The first-order valence-electron chi connectivity index (χ1n) is 7.73. The van der Waals surface area contributed by atoms with Crippen LogP contribution in [-0.4, -0.2) is 0 Å². The van der Waals surface area contributed by atoms with Crippen LogP contribution in [0, 0.1) is 0 Å². The third-order valence-corrected chi connectivity index (χ3v) is 3.06. The van der Waals surface area contributed by atoms with Crippen LogP contribution in [0.1, 0.15) is 84.5 Å². The minimum Gasteiger partial charge on any atom is -0.0846 e. The summed E-state index contributed by atoms with van der Waals surface area (Å²) in [7, 11) is 0. The van der Waals surface area contributed by atoms with Gasteiger partial charge in [-0.2, -0.15) is 0 Å². The molecule has 0 nitrogen and oxygen atoms in total. The molecule has 0 saturated carbocycles. The van der Waals surface area contributed by atoms with E-state index in [0.717, 1.165) is 0 Å². The zero-order valence-electron chi connectivity index (χ0n) is 12.1. The van der Waals surface area contributed by atoms with Gasteiger partial charge in [-0.1, -0.05) is 89.5 Å². The van der Waals surface area contributed by atoms with Crippen LogP contribution < -0.4 is 0 Å². The number of allylic oxidation sites excluding steroid dienone is 4. The van der Waals surface area contributed by atoms with Gasteiger partial charge in [0.15, 0.2) is 0 Å². The third kappa shape index (κ3) is 15.5. The Hall–Kier alpha value is -0.520. The van der Waals surface area contributed by atoms with Gasteiger partial charge < -0.3 is 0 Å². The van der Waals surface area contributed by atoms with Gasteiger partial charge in [-0.15, -0.1) is 0 Å². The molecule has 0 rings (SSSR count). The molecule has 0 spiro atoms. The van der Waals surface area contributed by atoms with Gasteiger partial charge in [0.05, 0.1) is 0 Å². The monoisotopic (exact) mass is 236 g/mol. The van der Waals surface area contributed by atoms with Gasteiger partial charge in [-0.25, -0.2) is 0 Å². The van der Waals surface area contributed by atoms with Crippen LogP contribution in [0.5, 0.6) is 0 Å².